The molecule has 5 heteroatoms. The van der Waals surface area contributed by atoms with Gasteiger partial charge in [-0.1, -0.05) is 30.3 Å². The minimum Gasteiger partial charge on any atom is -0.457 e. The van der Waals surface area contributed by atoms with Crippen LogP contribution in [0.25, 0.3) is 0 Å². The van der Waals surface area contributed by atoms with E-state index in [4.69, 9.17) is 16.2 Å². The fourth-order valence-corrected chi connectivity index (χ4v) is 1.47. The first-order valence-electron chi connectivity index (χ1n) is 5.61. The van der Waals surface area contributed by atoms with Gasteiger partial charge in [0.1, 0.15) is 11.5 Å². The molecule has 19 heavy (non-hydrogen) atoms. The van der Waals surface area contributed by atoms with Crippen LogP contribution in [-0.4, -0.2) is 5.96 Å². The first-order valence-corrected chi connectivity index (χ1v) is 5.61. The zero-order chi connectivity index (χ0) is 12.8. The number of benzene rings is 2. The molecule has 0 saturated heterocycles. The predicted octanol–water partition coefficient (Wildman–Crippen LogP) is 2.83. The molecule has 2 rings (SSSR count). The van der Waals surface area contributed by atoms with Crippen molar-refractivity contribution in [2.75, 3.05) is 0 Å². The lowest BCUT2D eigenvalue weighted by Crippen LogP contribution is -2.22. The molecule has 0 saturated carbocycles. The number of guanidine groups is 1. The number of rotatable bonds is 4. The molecule has 0 spiro atoms. The van der Waals surface area contributed by atoms with Crippen LogP contribution in [0.2, 0.25) is 0 Å². The zero-order valence-electron chi connectivity index (χ0n) is 10.3. The van der Waals surface area contributed by atoms with Crippen LogP contribution in [0.5, 0.6) is 11.5 Å². The zero-order valence-corrected chi connectivity index (χ0v) is 12.0. The maximum Gasteiger partial charge on any atom is 0.186 e. The van der Waals surface area contributed by atoms with Gasteiger partial charge >= 0.3 is 0 Å². The van der Waals surface area contributed by atoms with Crippen molar-refractivity contribution in [1.29, 1.82) is 0 Å². The van der Waals surface area contributed by atoms with Crippen LogP contribution in [0.1, 0.15) is 5.56 Å². The Hall–Kier alpha value is -2.01. The summed E-state index contributed by atoms with van der Waals surface area (Å²) in [5.74, 6) is 1.70. The Bertz CT molecular complexity index is 522. The number of ether oxygens (including phenoxy) is 1. The van der Waals surface area contributed by atoms with Crippen LogP contribution in [-0.2, 0) is 6.54 Å². The number of hydrogen-bond acceptors (Lipinski definition) is 2. The standard InChI is InChI=1S/C14H15N3O.BrH/c15-14(16)17-10-11-6-8-13(9-7-11)18-12-4-2-1-3-5-12;/h1-9H,10H2,(H4,15,16,17);1H. The van der Waals surface area contributed by atoms with Crippen molar-refractivity contribution in [3.8, 4) is 11.5 Å². The van der Waals surface area contributed by atoms with E-state index in [9.17, 15) is 0 Å². The van der Waals surface area contributed by atoms with Gasteiger partial charge < -0.3 is 16.2 Å². The van der Waals surface area contributed by atoms with Gasteiger partial charge in [0, 0.05) is 0 Å². The summed E-state index contributed by atoms with van der Waals surface area (Å²) in [6, 6.07) is 17.3. The highest BCUT2D eigenvalue weighted by Gasteiger charge is 1.97. The molecule has 2 aromatic carbocycles. The second-order valence-corrected chi connectivity index (χ2v) is 3.80. The lowest BCUT2D eigenvalue weighted by atomic mass is 10.2. The Balaban J connectivity index is 0.00000180. The van der Waals surface area contributed by atoms with Crippen LogP contribution in [0.15, 0.2) is 59.6 Å². The van der Waals surface area contributed by atoms with Crippen LogP contribution in [0.4, 0.5) is 0 Å². The molecule has 0 aliphatic rings. The normalized spacial score (nSPS) is 9.26. The highest BCUT2D eigenvalue weighted by atomic mass is 79.9. The number of aliphatic imine (C=N–C) groups is 1. The van der Waals surface area contributed by atoms with Crippen LogP contribution in [0.3, 0.4) is 0 Å². The van der Waals surface area contributed by atoms with Gasteiger partial charge in [0.05, 0.1) is 6.54 Å². The minimum atomic E-state index is 0. The van der Waals surface area contributed by atoms with Crippen LogP contribution < -0.4 is 16.2 Å². The second kappa shape index (κ2) is 7.43. The van der Waals surface area contributed by atoms with E-state index in [1.54, 1.807) is 0 Å². The molecule has 0 bridgehead atoms. The molecule has 100 valence electrons. The Morgan fingerprint density at radius 3 is 2.05 bits per heavy atom. The monoisotopic (exact) mass is 321 g/mol. The summed E-state index contributed by atoms with van der Waals surface area (Å²) in [7, 11) is 0. The second-order valence-electron chi connectivity index (χ2n) is 3.80. The Morgan fingerprint density at radius 1 is 0.895 bits per heavy atom. The quantitative estimate of drug-likeness (QED) is 0.671. The molecular formula is C14H16BrN3O. The van der Waals surface area contributed by atoms with Crippen molar-refractivity contribution in [1.82, 2.24) is 0 Å². The lowest BCUT2D eigenvalue weighted by Gasteiger charge is -2.05. The van der Waals surface area contributed by atoms with Crippen molar-refractivity contribution in [3.63, 3.8) is 0 Å². The number of nitrogens with two attached hydrogens (primary N) is 2. The molecule has 0 aliphatic carbocycles. The van der Waals surface area contributed by atoms with Crippen molar-refractivity contribution < 1.29 is 4.74 Å². The fourth-order valence-electron chi connectivity index (χ4n) is 1.47. The smallest absolute Gasteiger partial charge is 0.186 e. The first-order chi connectivity index (χ1) is 8.74. The molecule has 0 aromatic heterocycles. The molecule has 0 heterocycles. The third kappa shape index (κ3) is 5.01. The number of halogens is 1. The van der Waals surface area contributed by atoms with Gasteiger partial charge in [-0.05, 0) is 29.8 Å². The number of hydrogen-bond donors (Lipinski definition) is 2. The Labute approximate surface area is 122 Å². The van der Waals surface area contributed by atoms with E-state index in [2.05, 4.69) is 4.99 Å². The summed E-state index contributed by atoms with van der Waals surface area (Å²) >= 11 is 0. The van der Waals surface area contributed by atoms with E-state index < -0.39 is 0 Å². The van der Waals surface area contributed by atoms with Crippen molar-refractivity contribution in [2.45, 2.75) is 6.54 Å². The average Bonchev–Trinajstić information content (AvgIpc) is 2.39. The topological polar surface area (TPSA) is 73.6 Å². The Morgan fingerprint density at radius 2 is 1.47 bits per heavy atom. The number of para-hydroxylation sites is 1. The molecule has 4 N–H and O–H groups in total. The predicted molar refractivity (Wildman–Crippen MR) is 82.8 cm³/mol. The minimum absolute atomic E-state index is 0. The molecule has 0 atom stereocenters. The SMILES string of the molecule is Br.NC(N)=NCc1ccc(Oc2ccccc2)cc1. The van der Waals surface area contributed by atoms with E-state index in [1.165, 1.54) is 0 Å². The summed E-state index contributed by atoms with van der Waals surface area (Å²) in [5.41, 5.74) is 11.6. The average molecular weight is 322 g/mol. The Kier molecular flexibility index (Phi) is 5.89. The molecule has 0 fully saturated rings. The van der Waals surface area contributed by atoms with Crippen LogP contribution >= 0.6 is 17.0 Å². The maximum absolute atomic E-state index is 5.67. The lowest BCUT2D eigenvalue weighted by molar-refractivity contribution is 0.482. The molecule has 2 aromatic rings. The summed E-state index contributed by atoms with van der Waals surface area (Å²) in [6.45, 7) is 0.480. The third-order valence-corrected chi connectivity index (χ3v) is 2.35. The number of nitrogens with zero attached hydrogens (tertiary/aromatic N) is 1. The van der Waals surface area contributed by atoms with E-state index in [0.717, 1.165) is 17.1 Å². The third-order valence-electron chi connectivity index (χ3n) is 2.35. The maximum atomic E-state index is 5.67. The van der Waals surface area contributed by atoms with E-state index in [1.807, 2.05) is 54.6 Å². The van der Waals surface area contributed by atoms with Gasteiger partial charge in [0.25, 0.3) is 0 Å². The van der Waals surface area contributed by atoms with Gasteiger partial charge in [0.15, 0.2) is 5.96 Å². The van der Waals surface area contributed by atoms with Gasteiger partial charge in [-0.25, -0.2) is 4.99 Å². The summed E-state index contributed by atoms with van der Waals surface area (Å²) in [6.07, 6.45) is 0. The van der Waals surface area contributed by atoms with Crippen molar-refractivity contribution in [3.05, 3.63) is 60.2 Å². The van der Waals surface area contributed by atoms with E-state index >= 15 is 0 Å². The molecule has 0 aliphatic heterocycles. The van der Waals surface area contributed by atoms with Crippen LogP contribution in [0, 0.1) is 0 Å². The molecule has 0 unspecified atom stereocenters. The highest BCUT2D eigenvalue weighted by molar-refractivity contribution is 8.93. The van der Waals surface area contributed by atoms with Gasteiger partial charge in [-0.3, -0.25) is 0 Å². The molecule has 0 radical (unpaired) electrons. The summed E-state index contributed by atoms with van der Waals surface area (Å²) < 4.78 is 5.67. The largest absolute Gasteiger partial charge is 0.457 e. The molecular weight excluding hydrogens is 306 g/mol. The summed E-state index contributed by atoms with van der Waals surface area (Å²) in [4.78, 5) is 3.94. The van der Waals surface area contributed by atoms with E-state index in [-0.39, 0.29) is 22.9 Å². The molecule has 0 amide bonds. The van der Waals surface area contributed by atoms with E-state index in [0.29, 0.717) is 6.54 Å². The van der Waals surface area contributed by atoms with Gasteiger partial charge in [0.2, 0.25) is 0 Å². The van der Waals surface area contributed by atoms with Gasteiger partial charge in [-0.2, -0.15) is 0 Å². The highest BCUT2D eigenvalue weighted by Crippen LogP contribution is 2.21. The summed E-state index contributed by atoms with van der Waals surface area (Å²) in [5, 5.41) is 0. The van der Waals surface area contributed by atoms with Crippen molar-refractivity contribution >= 4 is 22.9 Å². The van der Waals surface area contributed by atoms with Gasteiger partial charge in [-0.15, -0.1) is 17.0 Å². The molecule has 4 nitrogen and oxygen atoms in total. The first kappa shape index (κ1) is 15.0. The van der Waals surface area contributed by atoms with Crippen molar-refractivity contribution in [2.24, 2.45) is 16.5 Å². The fraction of sp³-hybridized carbons (Fsp3) is 0.0714.